The lowest BCUT2D eigenvalue weighted by Gasteiger charge is -2.42. The fraction of sp³-hybridized carbons (Fsp3) is 0.423. The topological polar surface area (TPSA) is 106 Å². The summed E-state index contributed by atoms with van der Waals surface area (Å²) in [5.41, 5.74) is 1.93. The number of benzene rings is 2. The summed E-state index contributed by atoms with van der Waals surface area (Å²) < 4.78 is 17.3. The van der Waals surface area contributed by atoms with Crippen molar-refractivity contribution in [1.29, 1.82) is 0 Å². The van der Waals surface area contributed by atoms with E-state index < -0.39 is 0 Å². The molecule has 2 aromatic carbocycles. The molecule has 0 unspecified atom stereocenters. The number of fused-ring (bicyclic) bond motifs is 2. The number of nitrogens with zero attached hydrogens (tertiary/aromatic N) is 1. The fourth-order valence-electron chi connectivity index (χ4n) is 4.53. The first-order valence-electron chi connectivity index (χ1n) is 11.7. The Morgan fingerprint density at radius 1 is 1.14 bits per heavy atom. The van der Waals surface area contributed by atoms with Crippen LogP contribution in [0.2, 0.25) is 0 Å². The number of carbonyl (C=O) groups is 3. The second-order valence-corrected chi connectivity index (χ2v) is 8.89. The van der Waals surface area contributed by atoms with Crippen LogP contribution in [-0.4, -0.2) is 61.6 Å². The second-order valence-electron chi connectivity index (χ2n) is 8.89. The molecule has 0 aromatic heterocycles. The van der Waals surface area contributed by atoms with Gasteiger partial charge in [-0.15, -0.1) is 0 Å². The summed E-state index contributed by atoms with van der Waals surface area (Å²) in [6.07, 6.45) is 1.01. The van der Waals surface area contributed by atoms with Crippen LogP contribution in [0.25, 0.3) is 0 Å². The Bertz CT molecular complexity index is 1090. The van der Waals surface area contributed by atoms with E-state index in [0.29, 0.717) is 36.4 Å². The summed E-state index contributed by atoms with van der Waals surface area (Å²) in [7, 11) is 3.37. The average molecular weight is 482 g/mol. The fourth-order valence-corrected chi connectivity index (χ4v) is 4.53. The van der Waals surface area contributed by atoms with Gasteiger partial charge in [0.25, 0.3) is 5.91 Å². The molecule has 1 fully saturated rings. The highest BCUT2D eigenvalue weighted by atomic mass is 16.5. The number of rotatable bonds is 6. The number of hydrogen-bond donors (Lipinski definition) is 2. The van der Waals surface area contributed by atoms with Crippen LogP contribution in [0.1, 0.15) is 42.1 Å². The van der Waals surface area contributed by atoms with E-state index in [4.69, 9.17) is 14.2 Å². The van der Waals surface area contributed by atoms with Gasteiger partial charge in [-0.25, -0.2) is 0 Å². The van der Waals surface area contributed by atoms with Crippen molar-refractivity contribution >= 4 is 23.4 Å². The number of ether oxygens (including phenoxy) is 3. The molecular formula is C26H31N3O6. The van der Waals surface area contributed by atoms with E-state index in [1.54, 1.807) is 37.3 Å². The van der Waals surface area contributed by atoms with Gasteiger partial charge in [0.1, 0.15) is 24.2 Å². The van der Waals surface area contributed by atoms with E-state index in [1.807, 2.05) is 24.3 Å². The largest absolute Gasteiger partial charge is 0.497 e. The highest BCUT2D eigenvalue weighted by Crippen LogP contribution is 2.32. The Kier molecular flexibility index (Phi) is 7.55. The van der Waals surface area contributed by atoms with Crippen LogP contribution in [-0.2, 0) is 20.9 Å². The molecule has 2 aliphatic heterocycles. The maximum Gasteiger partial charge on any atom is 0.257 e. The third-order valence-corrected chi connectivity index (χ3v) is 6.39. The molecule has 0 bridgehead atoms. The van der Waals surface area contributed by atoms with Crippen molar-refractivity contribution in [2.45, 2.75) is 51.0 Å². The maximum atomic E-state index is 13.2. The molecule has 0 aliphatic carbocycles. The van der Waals surface area contributed by atoms with Crippen LogP contribution >= 0.6 is 0 Å². The van der Waals surface area contributed by atoms with Crippen molar-refractivity contribution in [2.24, 2.45) is 0 Å². The van der Waals surface area contributed by atoms with Gasteiger partial charge >= 0.3 is 0 Å². The van der Waals surface area contributed by atoms with Crippen molar-refractivity contribution in [3.63, 3.8) is 0 Å². The molecule has 2 aromatic rings. The standard InChI is InChI=1S/C26H31N3O6/c1-16(30)28-18-6-11-23-21(12-18)26(32)29(2)22-10-9-20(35-24(22)15-34-23)13-25(31)27-14-17-4-7-19(33-3)8-5-17/h4-8,11-12,20,22,24H,9-10,13-15H2,1-3H3,(H,27,31)(H,28,30)/t20-,22-,24-/m1/s1. The minimum atomic E-state index is -0.347. The van der Waals surface area contributed by atoms with Gasteiger partial charge in [0, 0.05) is 26.2 Å². The molecule has 0 saturated carbocycles. The lowest BCUT2D eigenvalue weighted by Crippen LogP contribution is -2.53. The Morgan fingerprint density at radius 3 is 2.63 bits per heavy atom. The van der Waals surface area contributed by atoms with E-state index in [9.17, 15) is 14.4 Å². The third-order valence-electron chi connectivity index (χ3n) is 6.39. The summed E-state index contributed by atoms with van der Waals surface area (Å²) in [6.45, 7) is 2.11. The summed E-state index contributed by atoms with van der Waals surface area (Å²) in [5, 5.41) is 5.64. The number of methoxy groups -OCH3 is 1. The van der Waals surface area contributed by atoms with Gasteiger partial charge in [0.15, 0.2) is 0 Å². The molecule has 0 spiro atoms. The van der Waals surface area contributed by atoms with Crippen molar-refractivity contribution in [2.75, 3.05) is 26.1 Å². The molecular weight excluding hydrogens is 450 g/mol. The lowest BCUT2D eigenvalue weighted by molar-refractivity contribution is -0.134. The van der Waals surface area contributed by atoms with Gasteiger partial charge in [-0.05, 0) is 48.7 Å². The van der Waals surface area contributed by atoms with Gasteiger partial charge in [0.2, 0.25) is 11.8 Å². The summed E-state index contributed by atoms with van der Waals surface area (Å²) in [6, 6.07) is 12.4. The smallest absolute Gasteiger partial charge is 0.257 e. The van der Waals surface area contributed by atoms with Gasteiger partial charge in [-0.3, -0.25) is 14.4 Å². The monoisotopic (exact) mass is 481 g/mol. The van der Waals surface area contributed by atoms with Gasteiger partial charge in [-0.2, -0.15) is 0 Å². The SMILES string of the molecule is COc1ccc(CNC(=O)C[C@H]2CC[C@@H]3[C@@H](COc4ccc(NC(C)=O)cc4C(=O)N3C)O2)cc1. The Labute approximate surface area is 204 Å². The van der Waals surface area contributed by atoms with Gasteiger partial charge < -0.3 is 29.7 Å². The minimum absolute atomic E-state index is 0.0868. The molecule has 2 heterocycles. The van der Waals surface area contributed by atoms with Crippen LogP contribution in [0.3, 0.4) is 0 Å². The van der Waals surface area contributed by atoms with E-state index in [0.717, 1.165) is 11.3 Å². The zero-order valence-corrected chi connectivity index (χ0v) is 20.2. The molecule has 2 aliphatic rings. The number of nitrogens with one attached hydrogen (secondary N) is 2. The van der Waals surface area contributed by atoms with Gasteiger partial charge in [0.05, 0.1) is 31.2 Å². The lowest BCUT2D eigenvalue weighted by atomic mass is 9.94. The summed E-state index contributed by atoms with van der Waals surface area (Å²) >= 11 is 0. The zero-order valence-electron chi connectivity index (χ0n) is 20.2. The van der Waals surface area contributed by atoms with Crippen LogP contribution in [0, 0.1) is 0 Å². The summed E-state index contributed by atoms with van der Waals surface area (Å²) in [5.74, 6) is 0.720. The first kappa shape index (κ1) is 24.5. The molecule has 1 saturated heterocycles. The second kappa shape index (κ2) is 10.8. The predicted octanol–water partition coefficient (Wildman–Crippen LogP) is 2.74. The number of carbonyl (C=O) groups excluding carboxylic acids is 3. The predicted molar refractivity (Wildman–Crippen MR) is 129 cm³/mol. The Balaban J connectivity index is 1.36. The first-order chi connectivity index (χ1) is 16.8. The van der Waals surface area contributed by atoms with E-state index in [1.165, 1.54) is 6.92 Å². The molecule has 186 valence electrons. The zero-order chi connectivity index (χ0) is 24.9. The molecule has 3 atom stereocenters. The van der Waals surface area contributed by atoms with E-state index in [-0.39, 0.29) is 49.0 Å². The molecule has 3 amide bonds. The van der Waals surface area contributed by atoms with E-state index in [2.05, 4.69) is 10.6 Å². The molecule has 9 heteroatoms. The minimum Gasteiger partial charge on any atom is -0.497 e. The number of likely N-dealkylation sites (N-methyl/N-ethyl adjacent to an activating group) is 1. The quantitative estimate of drug-likeness (QED) is 0.657. The van der Waals surface area contributed by atoms with Crippen LogP contribution in [0.4, 0.5) is 5.69 Å². The highest BCUT2D eigenvalue weighted by molar-refractivity contribution is 5.99. The Morgan fingerprint density at radius 2 is 1.91 bits per heavy atom. The molecule has 2 N–H and O–H groups in total. The van der Waals surface area contributed by atoms with Crippen molar-refractivity contribution in [3.05, 3.63) is 53.6 Å². The third kappa shape index (κ3) is 5.92. The maximum absolute atomic E-state index is 13.2. The molecule has 9 nitrogen and oxygen atoms in total. The van der Waals surface area contributed by atoms with Gasteiger partial charge in [-0.1, -0.05) is 12.1 Å². The molecule has 4 rings (SSSR count). The average Bonchev–Trinajstić information content (AvgIpc) is 2.85. The number of amides is 3. The van der Waals surface area contributed by atoms with Crippen LogP contribution in [0.15, 0.2) is 42.5 Å². The van der Waals surface area contributed by atoms with Crippen molar-refractivity contribution < 1.29 is 28.6 Å². The summed E-state index contributed by atoms with van der Waals surface area (Å²) in [4.78, 5) is 38.8. The van der Waals surface area contributed by atoms with Crippen molar-refractivity contribution in [1.82, 2.24) is 10.2 Å². The first-order valence-corrected chi connectivity index (χ1v) is 11.7. The van der Waals surface area contributed by atoms with Crippen LogP contribution in [0.5, 0.6) is 11.5 Å². The number of hydrogen-bond acceptors (Lipinski definition) is 6. The van der Waals surface area contributed by atoms with Crippen molar-refractivity contribution in [3.8, 4) is 11.5 Å². The molecule has 35 heavy (non-hydrogen) atoms. The highest BCUT2D eigenvalue weighted by Gasteiger charge is 2.39. The van der Waals surface area contributed by atoms with E-state index >= 15 is 0 Å². The normalized spacial score (nSPS) is 21.5. The molecule has 0 radical (unpaired) electrons. The van der Waals surface area contributed by atoms with Crippen LogP contribution < -0.4 is 20.1 Å². The Hall–Kier alpha value is -3.59. The number of anilines is 1.